The van der Waals surface area contributed by atoms with Crippen LogP contribution in [0.25, 0.3) is 0 Å². The van der Waals surface area contributed by atoms with Crippen LogP contribution in [0.3, 0.4) is 0 Å². The van der Waals surface area contributed by atoms with Gasteiger partial charge in [-0.1, -0.05) is 6.42 Å². The van der Waals surface area contributed by atoms with Gasteiger partial charge in [-0.25, -0.2) is 9.59 Å². The predicted molar refractivity (Wildman–Crippen MR) is 71.6 cm³/mol. The maximum atomic E-state index is 11.7. The van der Waals surface area contributed by atoms with Crippen LogP contribution in [0.5, 0.6) is 0 Å². The number of methoxy groups -OCH3 is 2. The number of hydrogen-bond donors (Lipinski definition) is 0. The third-order valence-corrected chi connectivity index (χ3v) is 3.48. The Balaban J connectivity index is 2.97. The molecule has 1 rings (SSSR count). The number of rotatable bonds is 4. The Labute approximate surface area is 114 Å². The molecule has 0 aromatic rings. The predicted octanol–water partition coefficient (Wildman–Crippen LogP) is 1.52. The molecule has 1 aliphatic heterocycles. The summed E-state index contributed by atoms with van der Waals surface area (Å²) in [7, 11) is 2.51. The van der Waals surface area contributed by atoms with Gasteiger partial charge in [-0.05, 0) is 45.9 Å². The molecule has 0 unspecified atom stereocenters. The molecule has 0 saturated carbocycles. The largest absolute Gasteiger partial charge is 0.465 e. The van der Waals surface area contributed by atoms with Crippen molar-refractivity contribution in [3.05, 3.63) is 11.6 Å². The molecule has 0 aliphatic carbocycles. The SMILES string of the molecule is COC(=O)C(=CC(C)(C)N1CCCCC1)C(=O)OC. The van der Waals surface area contributed by atoms with Crippen LogP contribution in [-0.4, -0.2) is 49.7 Å². The number of carbonyl (C=O) groups is 2. The van der Waals surface area contributed by atoms with Crippen molar-refractivity contribution in [1.82, 2.24) is 4.90 Å². The molecule has 0 aromatic heterocycles. The Morgan fingerprint density at radius 1 is 1.00 bits per heavy atom. The minimum Gasteiger partial charge on any atom is -0.465 e. The minimum atomic E-state index is -0.656. The molecular weight excluding hydrogens is 246 g/mol. The van der Waals surface area contributed by atoms with E-state index in [9.17, 15) is 9.59 Å². The number of ether oxygens (including phenoxy) is 2. The maximum Gasteiger partial charge on any atom is 0.345 e. The van der Waals surface area contributed by atoms with Gasteiger partial charge in [0, 0.05) is 5.54 Å². The van der Waals surface area contributed by atoms with E-state index in [0.717, 1.165) is 25.9 Å². The monoisotopic (exact) mass is 269 g/mol. The van der Waals surface area contributed by atoms with Crippen molar-refractivity contribution >= 4 is 11.9 Å². The third-order valence-electron chi connectivity index (χ3n) is 3.48. The van der Waals surface area contributed by atoms with Crippen molar-refractivity contribution in [2.75, 3.05) is 27.3 Å². The van der Waals surface area contributed by atoms with Crippen LogP contribution in [0.15, 0.2) is 11.6 Å². The highest BCUT2D eigenvalue weighted by molar-refractivity contribution is 6.14. The van der Waals surface area contributed by atoms with Gasteiger partial charge in [-0.15, -0.1) is 0 Å². The molecule has 0 aromatic carbocycles. The van der Waals surface area contributed by atoms with Crippen molar-refractivity contribution in [2.45, 2.75) is 38.6 Å². The van der Waals surface area contributed by atoms with E-state index in [1.807, 2.05) is 13.8 Å². The van der Waals surface area contributed by atoms with E-state index in [1.54, 1.807) is 6.08 Å². The normalized spacial score (nSPS) is 16.6. The van der Waals surface area contributed by atoms with Crippen LogP contribution < -0.4 is 0 Å². The fourth-order valence-electron chi connectivity index (χ4n) is 2.34. The lowest BCUT2D eigenvalue weighted by atomic mass is 9.95. The zero-order valence-electron chi connectivity index (χ0n) is 12.2. The molecule has 0 radical (unpaired) electrons. The first-order chi connectivity index (χ1) is 8.92. The smallest absolute Gasteiger partial charge is 0.345 e. The first-order valence-electron chi connectivity index (χ1n) is 6.57. The van der Waals surface area contributed by atoms with Crippen molar-refractivity contribution in [2.24, 2.45) is 0 Å². The first kappa shape index (κ1) is 15.7. The highest BCUT2D eigenvalue weighted by atomic mass is 16.5. The van der Waals surface area contributed by atoms with Gasteiger partial charge in [-0.3, -0.25) is 4.90 Å². The molecule has 0 N–H and O–H groups in total. The van der Waals surface area contributed by atoms with Crippen molar-refractivity contribution in [3.63, 3.8) is 0 Å². The number of piperidine rings is 1. The maximum absolute atomic E-state index is 11.7. The summed E-state index contributed by atoms with van der Waals surface area (Å²) in [5, 5.41) is 0. The summed E-state index contributed by atoms with van der Waals surface area (Å²) >= 11 is 0. The number of hydrogen-bond acceptors (Lipinski definition) is 5. The van der Waals surface area contributed by atoms with E-state index in [4.69, 9.17) is 0 Å². The summed E-state index contributed by atoms with van der Waals surface area (Å²) in [6.45, 7) is 5.92. The Kier molecular flexibility index (Phi) is 5.54. The van der Waals surface area contributed by atoms with Gasteiger partial charge in [0.05, 0.1) is 14.2 Å². The van der Waals surface area contributed by atoms with Crippen LogP contribution in [-0.2, 0) is 19.1 Å². The second-order valence-corrected chi connectivity index (χ2v) is 5.24. The van der Waals surface area contributed by atoms with Crippen molar-refractivity contribution in [1.29, 1.82) is 0 Å². The average Bonchev–Trinajstić information content (AvgIpc) is 2.44. The molecule has 0 spiro atoms. The molecule has 19 heavy (non-hydrogen) atoms. The van der Waals surface area contributed by atoms with Gasteiger partial charge >= 0.3 is 11.9 Å². The Morgan fingerprint density at radius 3 is 1.89 bits per heavy atom. The van der Waals surface area contributed by atoms with Crippen molar-refractivity contribution in [3.8, 4) is 0 Å². The first-order valence-corrected chi connectivity index (χ1v) is 6.57. The van der Waals surface area contributed by atoms with Gasteiger partial charge in [0.1, 0.15) is 5.57 Å². The van der Waals surface area contributed by atoms with Crippen LogP contribution in [0, 0.1) is 0 Å². The quantitative estimate of drug-likeness (QED) is 0.335. The molecule has 1 saturated heterocycles. The average molecular weight is 269 g/mol. The van der Waals surface area contributed by atoms with E-state index in [1.165, 1.54) is 20.6 Å². The van der Waals surface area contributed by atoms with Gasteiger partial charge in [0.2, 0.25) is 0 Å². The lowest BCUT2D eigenvalue weighted by Crippen LogP contribution is -2.46. The molecule has 0 atom stereocenters. The number of nitrogens with zero attached hydrogens (tertiary/aromatic N) is 1. The summed E-state index contributed by atoms with van der Waals surface area (Å²) in [6, 6.07) is 0. The van der Waals surface area contributed by atoms with E-state index < -0.39 is 11.9 Å². The minimum absolute atomic E-state index is 0.0411. The standard InChI is InChI=1S/C14H23NO4/c1-14(2,15-8-6-5-7-9-15)10-11(12(16)18-3)13(17)19-4/h10H,5-9H2,1-4H3. The molecular formula is C14H23NO4. The third kappa shape index (κ3) is 4.06. The molecule has 0 amide bonds. The van der Waals surface area contributed by atoms with Crippen LogP contribution in [0.2, 0.25) is 0 Å². The molecule has 1 heterocycles. The highest BCUT2D eigenvalue weighted by Crippen LogP contribution is 2.23. The molecule has 1 fully saturated rings. The number of likely N-dealkylation sites (tertiary alicyclic amines) is 1. The van der Waals surface area contributed by atoms with Crippen LogP contribution in [0.4, 0.5) is 0 Å². The lowest BCUT2D eigenvalue weighted by molar-refractivity contribution is -0.144. The van der Waals surface area contributed by atoms with Crippen LogP contribution >= 0.6 is 0 Å². The van der Waals surface area contributed by atoms with Gasteiger partial charge in [-0.2, -0.15) is 0 Å². The Bertz CT molecular complexity index is 350. The zero-order chi connectivity index (χ0) is 14.5. The molecule has 5 heteroatoms. The van der Waals surface area contributed by atoms with E-state index in [2.05, 4.69) is 14.4 Å². The fraction of sp³-hybridized carbons (Fsp3) is 0.714. The van der Waals surface area contributed by atoms with Gasteiger partial charge < -0.3 is 9.47 Å². The summed E-state index contributed by atoms with van der Waals surface area (Å²) in [4.78, 5) is 25.6. The van der Waals surface area contributed by atoms with E-state index in [0.29, 0.717) is 0 Å². The van der Waals surface area contributed by atoms with Gasteiger partial charge in [0.15, 0.2) is 0 Å². The van der Waals surface area contributed by atoms with E-state index >= 15 is 0 Å². The highest BCUT2D eigenvalue weighted by Gasteiger charge is 2.30. The zero-order valence-corrected chi connectivity index (χ0v) is 12.2. The van der Waals surface area contributed by atoms with Gasteiger partial charge in [0.25, 0.3) is 0 Å². The summed E-state index contributed by atoms with van der Waals surface area (Å²) in [6.07, 6.45) is 5.17. The molecule has 1 aliphatic rings. The van der Waals surface area contributed by atoms with Crippen LogP contribution in [0.1, 0.15) is 33.1 Å². The summed E-state index contributed by atoms with van der Waals surface area (Å²) in [5.74, 6) is -1.31. The lowest BCUT2D eigenvalue weighted by Gasteiger charge is -2.39. The molecule has 5 nitrogen and oxygen atoms in total. The van der Waals surface area contributed by atoms with Crippen molar-refractivity contribution < 1.29 is 19.1 Å². The Hall–Kier alpha value is -1.36. The number of carbonyl (C=O) groups excluding carboxylic acids is 2. The Morgan fingerprint density at radius 2 is 1.47 bits per heavy atom. The van der Waals surface area contributed by atoms with E-state index in [-0.39, 0.29) is 11.1 Å². The molecule has 108 valence electrons. The summed E-state index contributed by atoms with van der Waals surface area (Å²) in [5.41, 5.74) is -0.418. The number of esters is 2. The fourth-order valence-corrected chi connectivity index (χ4v) is 2.34. The molecule has 0 bridgehead atoms. The summed E-state index contributed by atoms with van der Waals surface area (Å²) < 4.78 is 9.28. The second kappa shape index (κ2) is 6.70. The second-order valence-electron chi connectivity index (χ2n) is 5.24. The topological polar surface area (TPSA) is 55.8 Å².